The van der Waals surface area contributed by atoms with Gasteiger partial charge in [0, 0.05) is 6.07 Å². The van der Waals surface area contributed by atoms with Crippen LogP contribution in [-0.4, -0.2) is 17.7 Å². The molecule has 1 heterocycles. The van der Waals surface area contributed by atoms with Gasteiger partial charge in [-0.1, -0.05) is 0 Å². The highest BCUT2D eigenvalue weighted by Gasteiger charge is 2.26. The summed E-state index contributed by atoms with van der Waals surface area (Å²) in [4.78, 5) is 11.1. The molecule has 5 heteroatoms. The minimum absolute atomic E-state index is 0.0208. The Morgan fingerprint density at radius 3 is 2.27 bits per heavy atom. The lowest BCUT2D eigenvalue weighted by molar-refractivity contribution is -0.134. The van der Waals surface area contributed by atoms with Gasteiger partial charge in [0.05, 0.1) is 0 Å². The number of rotatable bonds is 1. The molecule has 0 radical (unpaired) electrons. The monoisotopic (exact) mass is 212 g/mol. The standard InChI is InChI=1S/C10H6F2O3/c11-6-1-5(2-7(12)3-6)9-8(13)4-15-10(9)14/h1-3,13H,4H2. The number of cyclic esters (lactones) is 1. The number of aliphatic hydroxyl groups is 1. The van der Waals surface area contributed by atoms with Crippen molar-refractivity contribution in [2.24, 2.45) is 0 Å². The van der Waals surface area contributed by atoms with E-state index in [9.17, 15) is 18.7 Å². The second kappa shape index (κ2) is 3.34. The summed E-state index contributed by atoms with van der Waals surface area (Å²) < 4.78 is 30.2. The first-order valence-electron chi connectivity index (χ1n) is 4.13. The maximum absolute atomic E-state index is 12.8. The molecule has 78 valence electrons. The predicted molar refractivity (Wildman–Crippen MR) is 46.9 cm³/mol. The molecule has 3 nitrogen and oxygen atoms in total. The van der Waals surface area contributed by atoms with Gasteiger partial charge in [0.25, 0.3) is 0 Å². The smallest absolute Gasteiger partial charge is 0.342 e. The highest BCUT2D eigenvalue weighted by Crippen LogP contribution is 2.25. The third kappa shape index (κ3) is 1.68. The van der Waals surface area contributed by atoms with Crippen molar-refractivity contribution < 1.29 is 23.4 Å². The Bertz CT molecular complexity index is 445. The lowest BCUT2D eigenvalue weighted by Crippen LogP contribution is -1.99. The van der Waals surface area contributed by atoms with Gasteiger partial charge in [-0.05, 0) is 17.7 Å². The first kappa shape index (κ1) is 9.64. The van der Waals surface area contributed by atoms with E-state index in [0.29, 0.717) is 6.07 Å². The molecule has 0 amide bonds. The Morgan fingerprint density at radius 1 is 1.20 bits per heavy atom. The maximum Gasteiger partial charge on any atom is 0.342 e. The molecule has 1 aromatic rings. The number of hydrogen-bond acceptors (Lipinski definition) is 3. The zero-order valence-electron chi connectivity index (χ0n) is 7.46. The van der Waals surface area contributed by atoms with Gasteiger partial charge in [-0.25, -0.2) is 13.6 Å². The van der Waals surface area contributed by atoms with Crippen molar-refractivity contribution in [3.8, 4) is 0 Å². The maximum atomic E-state index is 12.8. The summed E-state index contributed by atoms with van der Waals surface area (Å²) in [6.45, 7) is -0.258. The van der Waals surface area contributed by atoms with Gasteiger partial charge in [0.2, 0.25) is 0 Å². The summed E-state index contributed by atoms with van der Waals surface area (Å²) in [6.07, 6.45) is 0. The van der Waals surface area contributed by atoms with Crippen LogP contribution in [0.15, 0.2) is 24.0 Å². The van der Waals surface area contributed by atoms with Crippen molar-refractivity contribution in [3.05, 3.63) is 41.2 Å². The highest BCUT2D eigenvalue weighted by atomic mass is 19.1. The Balaban J connectivity index is 2.54. The van der Waals surface area contributed by atoms with Crippen LogP contribution in [0.5, 0.6) is 0 Å². The van der Waals surface area contributed by atoms with E-state index in [4.69, 9.17) is 0 Å². The fourth-order valence-corrected chi connectivity index (χ4v) is 1.38. The van der Waals surface area contributed by atoms with Crippen LogP contribution >= 0.6 is 0 Å². The topological polar surface area (TPSA) is 46.5 Å². The summed E-state index contributed by atoms with van der Waals surface area (Å²) in [5.74, 6) is -2.72. The Kier molecular flexibility index (Phi) is 2.15. The Labute approximate surface area is 83.6 Å². The number of benzene rings is 1. The fraction of sp³-hybridized carbons (Fsp3) is 0.100. The third-order valence-electron chi connectivity index (χ3n) is 1.98. The van der Waals surface area contributed by atoms with Crippen molar-refractivity contribution in [2.75, 3.05) is 6.61 Å². The van der Waals surface area contributed by atoms with Gasteiger partial charge < -0.3 is 9.84 Å². The minimum atomic E-state index is -0.815. The van der Waals surface area contributed by atoms with Crippen molar-refractivity contribution in [1.29, 1.82) is 0 Å². The number of ether oxygens (including phenoxy) is 1. The molecule has 1 aromatic carbocycles. The van der Waals surface area contributed by atoms with E-state index in [0.717, 1.165) is 12.1 Å². The van der Waals surface area contributed by atoms with E-state index in [2.05, 4.69) is 4.74 Å². The minimum Gasteiger partial charge on any atom is -0.508 e. The molecule has 1 aliphatic rings. The molecule has 0 saturated carbocycles. The quantitative estimate of drug-likeness (QED) is 0.722. The summed E-state index contributed by atoms with van der Waals surface area (Å²) in [7, 11) is 0. The normalized spacial score (nSPS) is 15.7. The van der Waals surface area contributed by atoms with Crippen LogP contribution in [0.2, 0.25) is 0 Å². The van der Waals surface area contributed by atoms with Gasteiger partial charge in [-0.15, -0.1) is 0 Å². The molecule has 1 aliphatic heterocycles. The Morgan fingerprint density at radius 2 is 1.80 bits per heavy atom. The number of hydrogen-bond donors (Lipinski definition) is 1. The van der Waals surface area contributed by atoms with Crippen molar-refractivity contribution >= 4 is 11.5 Å². The molecule has 0 fully saturated rings. The van der Waals surface area contributed by atoms with E-state index in [1.165, 1.54) is 0 Å². The largest absolute Gasteiger partial charge is 0.508 e. The third-order valence-corrected chi connectivity index (χ3v) is 1.98. The number of esters is 1. The first-order valence-corrected chi connectivity index (χ1v) is 4.13. The highest BCUT2D eigenvalue weighted by molar-refractivity contribution is 6.18. The van der Waals surface area contributed by atoms with Gasteiger partial charge in [0.1, 0.15) is 29.6 Å². The average molecular weight is 212 g/mol. The molecule has 1 N–H and O–H groups in total. The van der Waals surface area contributed by atoms with E-state index >= 15 is 0 Å². The van der Waals surface area contributed by atoms with Crippen LogP contribution in [0.1, 0.15) is 5.56 Å². The van der Waals surface area contributed by atoms with E-state index in [1.54, 1.807) is 0 Å². The van der Waals surface area contributed by atoms with Crippen LogP contribution in [0.3, 0.4) is 0 Å². The predicted octanol–water partition coefficient (Wildman–Crippen LogP) is 1.79. The zero-order valence-corrected chi connectivity index (χ0v) is 7.46. The van der Waals surface area contributed by atoms with Crippen molar-refractivity contribution in [3.63, 3.8) is 0 Å². The van der Waals surface area contributed by atoms with E-state index < -0.39 is 17.6 Å². The molecule has 0 atom stereocenters. The van der Waals surface area contributed by atoms with E-state index in [1.807, 2.05) is 0 Å². The molecule has 0 unspecified atom stereocenters. The summed E-state index contributed by atoms with van der Waals surface area (Å²) in [5, 5.41) is 9.28. The van der Waals surface area contributed by atoms with Gasteiger partial charge in [-0.3, -0.25) is 0 Å². The first-order chi connectivity index (χ1) is 7.08. The average Bonchev–Trinajstić information content (AvgIpc) is 2.44. The van der Waals surface area contributed by atoms with Crippen LogP contribution in [0, 0.1) is 11.6 Å². The van der Waals surface area contributed by atoms with Gasteiger partial charge in [0.15, 0.2) is 0 Å². The van der Waals surface area contributed by atoms with Crippen LogP contribution < -0.4 is 0 Å². The van der Waals surface area contributed by atoms with Crippen LogP contribution in [0.4, 0.5) is 8.78 Å². The van der Waals surface area contributed by atoms with Gasteiger partial charge in [-0.2, -0.15) is 0 Å². The molecule has 2 rings (SSSR count). The van der Waals surface area contributed by atoms with Crippen molar-refractivity contribution in [2.45, 2.75) is 0 Å². The summed E-state index contributed by atoms with van der Waals surface area (Å²) in [5.41, 5.74) is -0.207. The van der Waals surface area contributed by atoms with Gasteiger partial charge >= 0.3 is 5.97 Å². The molecule has 0 spiro atoms. The number of carbonyl (C=O) groups is 1. The summed E-state index contributed by atoms with van der Waals surface area (Å²) in [6, 6.07) is 2.60. The fourth-order valence-electron chi connectivity index (χ4n) is 1.38. The van der Waals surface area contributed by atoms with Crippen molar-refractivity contribution in [1.82, 2.24) is 0 Å². The second-order valence-electron chi connectivity index (χ2n) is 3.06. The molecular formula is C10H6F2O3. The number of halogens is 2. The molecule has 0 saturated heterocycles. The van der Waals surface area contributed by atoms with Crippen LogP contribution in [-0.2, 0) is 9.53 Å². The lowest BCUT2D eigenvalue weighted by atomic mass is 10.1. The lowest BCUT2D eigenvalue weighted by Gasteiger charge is -2.00. The zero-order chi connectivity index (χ0) is 11.0. The van der Waals surface area contributed by atoms with Crippen LogP contribution in [0.25, 0.3) is 5.57 Å². The van der Waals surface area contributed by atoms with E-state index in [-0.39, 0.29) is 23.5 Å². The SMILES string of the molecule is O=C1OCC(O)=C1c1cc(F)cc(F)c1. The number of carbonyl (C=O) groups excluding carboxylic acids is 1. The molecule has 0 aromatic heterocycles. The molecular weight excluding hydrogens is 206 g/mol. The summed E-state index contributed by atoms with van der Waals surface area (Å²) >= 11 is 0. The Hall–Kier alpha value is -1.91. The molecule has 0 bridgehead atoms. The molecule has 0 aliphatic carbocycles. The molecule has 15 heavy (non-hydrogen) atoms. The second-order valence-corrected chi connectivity index (χ2v) is 3.06. The number of aliphatic hydroxyl groups excluding tert-OH is 1.